The molecule has 2 aromatic heterocycles. The Morgan fingerprint density at radius 2 is 2.13 bits per heavy atom. The number of benzene rings is 1. The minimum absolute atomic E-state index is 0.909. The fraction of sp³-hybridized carbons (Fsp3) is 0.350. The van der Waals surface area contributed by atoms with E-state index in [0.29, 0.717) is 0 Å². The number of pyridine rings is 1. The molecule has 3 nitrogen and oxygen atoms in total. The quantitative estimate of drug-likeness (QED) is 0.718. The second kappa shape index (κ2) is 5.82. The van der Waals surface area contributed by atoms with Crippen molar-refractivity contribution >= 4 is 10.9 Å². The molecule has 0 N–H and O–H groups in total. The summed E-state index contributed by atoms with van der Waals surface area (Å²) in [6.45, 7) is 5.32. The van der Waals surface area contributed by atoms with E-state index < -0.39 is 0 Å². The third-order valence-electron chi connectivity index (χ3n) is 4.89. The molecule has 3 heteroatoms. The van der Waals surface area contributed by atoms with Gasteiger partial charge in [0.1, 0.15) is 0 Å². The van der Waals surface area contributed by atoms with Crippen LogP contribution in [0, 0.1) is 6.92 Å². The molecule has 0 radical (unpaired) electrons. The largest absolute Gasteiger partial charge is 0.340 e. The molecule has 0 saturated carbocycles. The molecule has 23 heavy (non-hydrogen) atoms. The molecule has 0 amide bonds. The Bertz CT molecular complexity index is 833. The average Bonchev–Trinajstić information content (AvgIpc) is 2.70. The minimum atomic E-state index is 0.909. The Hall–Kier alpha value is -2.13. The summed E-state index contributed by atoms with van der Waals surface area (Å²) in [5, 5.41) is 1.43. The lowest BCUT2D eigenvalue weighted by molar-refractivity contribution is 0.333. The molecule has 1 aromatic carbocycles. The molecule has 3 heterocycles. The number of aryl methyl sites for hydroxylation is 1. The van der Waals surface area contributed by atoms with Crippen molar-refractivity contribution in [3.63, 3.8) is 0 Å². The van der Waals surface area contributed by atoms with Crippen molar-refractivity contribution in [2.75, 3.05) is 13.6 Å². The molecule has 0 fully saturated rings. The van der Waals surface area contributed by atoms with Crippen LogP contribution < -0.4 is 0 Å². The molecular weight excluding hydrogens is 282 g/mol. The van der Waals surface area contributed by atoms with Crippen molar-refractivity contribution in [1.82, 2.24) is 14.5 Å². The van der Waals surface area contributed by atoms with E-state index in [1.165, 1.54) is 46.3 Å². The topological polar surface area (TPSA) is 21.1 Å². The van der Waals surface area contributed by atoms with Crippen molar-refractivity contribution in [1.29, 1.82) is 0 Å². The predicted octanol–water partition coefficient (Wildman–Crippen LogP) is 3.77. The molecule has 1 aliphatic rings. The van der Waals surface area contributed by atoms with Crippen molar-refractivity contribution in [3.8, 4) is 0 Å². The molecule has 0 saturated heterocycles. The number of hydrogen-bond acceptors (Lipinski definition) is 2. The summed E-state index contributed by atoms with van der Waals surface area (Å²) in [6, 6.07) is 11.1. The van der Waals surface area contributed by atoms with Crippen LogP contribution in [-0.2, 0) is 19.5 Å². The zero-order chi connectivity index (χ0) is 15.8. The summed E-state index contributed by atoms with van der Waals surface area (Å²) in [5.74, 6) is 0. The number of fused-ring (bicyclic) bond motifs is 3. The maximum absolute atomic E-state index is 4.28. The first kappa shape index (κ1) is 14.5. The predicted molar refractivity (Wildman–Crippen MR) is 94.7 cm³/mol. The fourth-order valence-electron chi connectivity index (χ4n) is 3.77. The molecule has 0 spiro atoms. The van der Waals surface area contributed by atoms with Crippen LogP contribution in [0.2, 0.25) is 0 Å². The van der Waals surface area contributed by atoms with Gasteiger partial charge in [0.15, 0.2) is 0 Å². The summed E-state index contributed by atoms with van der Waals surface area (Å²) in [7, 11) is 2.23. The van der Waals surface area contributed by atoms with Crippen molar-refractivity contribution in [3.05, 3.63) is 65.1 Å². The molecule has 0 unspecified atom stereocenters. The zero-order valence-corrected chi connectivity index (χ0v) is 13.9. The highest BCUT2D eigenvalue weighted by atomic mass is 15.1. The normalized spacial score (nSPS) is 15.6. The highest BCUT2D eigenvalue weighted by molar-refractivity contribution is 5.86. The smallest absolute Gasteiger partial charge is 0.0494 e. The molecule has 0 aliphatic carbocycles. The van der Waals surface area contributed by atoms with Crippen LogP contribution >= 0.6 is 0 Å². The Morgan fingerprint density at radius 1 is 1.22 bits per heavy atom. The summed E-state index contributed by atoms with van der Waals surface area (Å²) in [4.78, 5) is 6.73. The molecule has 1 aliphatic heterocycles. The SMILES string of the molecule is Cc1ccc2c(c1)c1c(n2Cc2cccnc2)CCCN(C)C1. The van der Waals surface area contributed by atoms with Gasteiger partial charge < -0.3 is 9.47 Å². The van der Waals surface area contributed by atoms with Gasteiger partial charge in [-0.25, -0.2) is 0 Å². The van der Waals surface area contributed by atoms with Gasteiger partial charge in [0.2, 0.25) is 0 Å². The highest BCUT2D eigenvalue weighted by Gasteiger charge is 2.21. The molecule has 0 bridgehead atoms. The molecule has 3 aromatic rings. The van der Waals surface area contributed by atoms with E-state index in [1.807, 2.05) is 18.5 Å². The van der Waals surface area contributed by atoms with Gasteiger partial charge in [0.25, 0.3) is 0 Å². The number of aromatic nitrogens is 2. The van der Waals surface area contributed by atoms with E-state index >= 15 is 0 Å². The van der Waals surface area contributed by atoms with Gasteiger partial charge in [-0.2, -0.15) is 0 Å². The van der Waals surface area contributed by atoms with Crippen LogP contribution in [0.4, 0.5) is 0 Å². The second-order valence-corrected chi connectivity index (χ2v) is 6.73. The molecule has 4 rings (SSSR count). The van der Waals surface area contributed by atoms with E-state index in [-0.39, 0.29) is 0 Å². The van der Waals surface area contributed by atoms with Crippen molar-refractivity contribution in [2.24, 2.45) is 0 Å². The minimum Gasteiger partial charge on any atom is -0.340 e. The maximum Gasteiger partial charge on any atom is 0.0494 e. The average molecular weight is 305 g/mol. The number of nitrogens with zero attached hydrogens (tertiary/aromatic N) is 3. The van der Waals surface area contributed by atoms with Gasteiger partial charge in [-0.3, -0.25) is 4.98 Å². The molecular formula is C20H23N3. The van der Waals surface area contributed by atoms with Gasteiger partial charge in [-0.05, 0) is 62.7 Å². The lowest BCUT2D eigenvalue weighted by atomic mass is 10.1. The Balaban J connectivity index is 1.90. The molecule has 0 atom stereocenters. The fourth-order valence-corrected chi connectivity index (χ4v) is 3.77. The van der Waals surface area contributed by atoms with Crippen molar-refractivity contribution < 1.29 is 0 Å². The summed E-state index contributed by atoms with van der Waals surface area (Å²) < 4.78 is 2.51. The maximum atomic E-state index is 4.28. The van der Waals surface area contributed by atoms with Gasteiger partial charge in [-0.1, -0.05) is 17.7 Å². The van der Waals surface area contributed by atoms with E-state index in [9.17, 15) is 0 Å². The Labute approximate surface area is 137 Å². The summed E-state index contributed by atoms with van der Waals surface area (Å²) in [5.41, 5.74) is 7.00. The van der Waals surface area contributed by atoms with Gasteiger partial charge >= 0.3 is 0 Å². The summed E-state index contributed by atoms with van der Waals surface area (Å²) in [6.07, 6.45) is 6.21. The monoisotopic (exact) mass is 305 g/mol. The zero-order valence-electron chi connectivity index (χ0n) is 13.9. The van der Waals surface area contributed by atoms with E-state index in [1.54, 1.807) is 0 Å². The Morgan fingerprint density at radius 3 is 2.96 bits per heavy atom. The van der Waals surface area contributed by atoms with Crippen molar-refractivity contribution in [2.45, 2.75) is 32.9 Å². The first-order chi connectivity index (χ1) is 11.2. The lowest BCUT2D eigenvalue weighted by Crippen LogP contribution is -2.17. The Kier molecular flexibility index (Phi) is 3.66. The highest BCUT2D eigenvalue weighted by Crippen LogP contribution is 2.31. The van der Waals surface area contributed by atoms with E-state index in [0.717, 1.165) is 19.5 Å². The lowest BCUT2D eigenvalue weighted by Gasteiger charge is -2.12. The first-order valence-electron chi connectivity index (χ1n) is 8.40. The molecule has 118 valence electrons. The van der Waals surface area contributed by atoms with Crippen LogP contribution in [0.25, 0.3) is 10.9 Å². The van der Waals surface area contributed by atoms with Gasteiger partial charge in [0.05, 0.1) is 0 Å². The van der Waals surface area contributed by atoms with Crippen LogP contribution in [-0.4, -0.2) is 28.0 Å². The van der Waals surface area contributed by atoms with Crippen LogP contribution in [0.15, 0.2) is 42.7 Å². The first-order valence-corrected chi connectivity index (χ1v) is 8.40. The number of hydrogen-bond donors (Lipinski definition) is 0. The van der Waals surface area contributed by atoms with E-state index in [2.05, 4.69) is 52.7 Å². The third-order valence-corrected chi connectivity index (χ3v) is 4.89. The third kappa shape index (κ3) is 2.66. The standard InChI is InChI=1S/C20H23N3/c1-15-7-8-20-17(11-15)18-14-22(2)10-4-6-19(18)23(20)13-16-5-3-9-21-12-16/h3,5,7-9,11-12H,4,6,10,13-14H2,1-2H3. The van der Waals surface area contributed by atoms with Crippen LogP contribution in [0.5, 0.6) is 0 Å². The van der Waals surface area contributed by atoms with Gasteiger partial charge in [0, 0.05) is 42.1 Å². The van der Waals surface area contributed by atoms with E-state index in [4.69, 9.17) is 0 Å². The second-order valence-electron chi connectivity index (χ2n) is 6.73. The van der Waals surface area contributed by atoms with Crippen LogP contribution in [0.3, 0.4) is 0 Å². The van der Waals surface area contributed by atoms with Gasteiger partial charge in [-0.15, -0.1) is 0 Å². The van der Waals surface area contributed by atoms with Crippen LogP contribution in [0.1, 0.15) is 28.8 Å². The summed E-state index contributed by atoms with van der Waals surface area (Å²) >= 11 is 0. The number of rotatable bonds is 2.